The van der Waals surface area contributed by atoms with Gasteiger partial charge < -0.3 is 18.9 Å². The third-order valence-corrected chi connectivity index (χ3v) is 4.82. The molecule has 0 saturated heterocycles. The first-order valence-electron chi connectivity index (χ1n) is 11.6. The van der Waals surface area contributed by atoms with Gasteiger partial charge in [0.05, 0.1) is 33.0 Å². The van der Waals surface area contributed by atoms with E-state index in [-0.39, 0.29) is 5.97 Å². The van der Waals surface area contributed by atoms with Gasteiger partial charge in [-0.3, -0.25) is 4.79 Å². The summed E-state index contributed by atoms with van der Waals surface area (Å²) in [6, 6.07) is 0. The third kappa shape index (κ3) is 21.6. The van der Waals surface area contributed by atoms with Gasteiger partial charge in [-0.05, 0) is 12.3 Å². The number of unbranched alkanes of at least 4 members (excludes halogenated alkanes) is 8. The Morgan fingerprint density at radius 3 is 1.75 bits per heavy atom. The van der Waals surface area contributed by atoms with Crippen LogP contribution < -0.4 is 0 Å². The number of carbonyl (C=O) groups is 1. The van der Waals surface area contributed by atoms with Crippen molar-refractivity contribution in [2.45, 2.75) is 91.4 Å². The second-order valence-corrected chi connectivity index (χ2v) is 7.61. The van der Waals surface area contributed by atoms with Gasteiger partial charge in [0.2, 0.25) is 0 Å². The molecule has 28 heavy (non-hydrogen) atoms. The molecule has 0 spiro atoms. The fraction of sp³-hybridized carbons (Fsp3) is 0.957. The molecular formula is C23H46O5. The molecule has 0 N–H and O–H groups in total. The predicted octanol–water partition coefficient (Wildman–Crippen LogP) is 5.55. The largest absolute Gasteiger partial charge is 0.463 e. The molecule has 0 radical (unpaired) electrons. The molecule has 0 aliphatic rings. The maximum Gasteiger partial charge on any atom is 0.305 e. The van der Waals surface area contributed by atoms with E-state index in [9.17, 15) is 4.79 Å². The van der Waals surface area contributed by atoms with Crippen molar-refractivity contribution < 1.29 is 23.7 Å². The lowest BCUT2D eigenvalue weighted by atomic mass is 10.1. The van der Waals surface area contributed by atoms with Gasteiger partial charge in [0.1, 0.15) is 6.61 Å². The van der Waals surface area contributed by atoms with Crippen molar-refractivity contribution in [1.82, 2.24) is 0 Å². The molecule has 5 heteroatoms. The molecule has 0 aliphatic carbocycles. The van der Waals surface area contributed by atoms with Crippen LogP contribution in [-0.2, 0) is 23.7 Å². The fourth-order valence-electron chi connectivity index (χ4n) is 2.71. The van der Waals surface area contributed by atoms with E-state index in [0.29, 0.717) is 52.0 Å². The van der Waals surface area contributed by atoms with Gasteiger partial charge in [0.15, 0.2) is 0 Å². The number of esters is 1. The maximum absolute atomic E-state index is 11.6. The van der Waals surface area contributed by atoms with Crippen molar-refractivity contribution in [3.8, 4) is 0 Å². The summed E-state index contributed by atoms with van der Waals surface area (Å²) in [6.45, 7) is 10.4. The molecule has 0 aliphatic heterocycles. The van der Waals surface area contributed by atoms with E-state index in [1.165, 1.54) is 44.9 Å². The first kappa shape index (κ1) is 27.4. The molecule has 0 aromatic carbocycles. The monoisotopic (exact) mass is 402 g/mol. The fourth-order valence-corrected chi connectivity index (χ4v) is 2.71. The molecule has 0 rings (SSSR count). The zero-order chi connectivity index (χ0) is 20.7. The predicted molar refractivity (Wildman–Crippen MR) is 115 cm³/mol. The molecule has 168 valence electrons. The van der Waals surface area contributed by atoms with Gasteiger partial charge in [-0.2, -0.15) is 0 Å². The Labute approximate surface area is 173 Å². The van der Waals surface area contributed by atoms with E-state index < -0.39 is 0 Å². The Hall–Kier alpha value is -0.650. The van der Waals surface area contributed by atoms with Gasteiger partial charge in [0.25, 0.3) is 0 Å². The number of rotatable bonds is 22. The summed E-state index contributed by atoms with van der Waals surface area (Å²) in [5.74, 6) is 0.493. The highest BCUT2D eigenvalue weighted by molar-refractivity contribution is 5.69. The van der Waals surface area contributed by atoms with Gasteiger partial charge in [0, 0.05) is 13.0 Å². The van der Waals surface area contributed by atoms with Crippen molar-refractivity contribution >= 4 is 5.97 Å². The van der Waals surface area contributed by atoms with Crippen LogP contribution in [0.2, 0.25) is 0 Å². The maximum atomic E-state index is 11.6. The zero-order valence-corrected chi connectivity index (χ0v) is 18.8. The summed E-state index contributed by atoms with van der Waals surface area (Å²) in [7, 11) is 0. The minimum absolute atomic E-state index is 0.110. The average molecular weight is 403 g/mol. The number of ether oxygens (including phenoxy) is 4. The van der Waals surface area contributed by atoms with Crippen LogP contribution in [0, 0.1) is 5.92 Å². The van der Waals surface area contributed by atoms with Crippen LogP contribution in [0.25, 0.3) is 0 Å². The van der Waals surface area contributed by atoms with Crippen molar-refractivity contribution in [3.63, 3.8) is 0 Å². The third-order valence-electron chi connectivity index (χ3n) is 4.82. The second-order valence-electron chi connectivity index (χ2n) is 7.61. The van der Waals surface area contributed by atoms with Crippen LogP contribution in [0.1, 0.15) is 91.4 Å². The number of hydrogen-bond donors (Lipinski definition) is 0. The zero-order valence-electron chi connectivity index (χ0n) is 18.8. The molecule has 0 aromatic rings. The molecule has 0 amide bonds. The first-order valence-corrected chi connectivity index (χ1v) is 11.6. The van der Waals surface area contributed by atoms with E-state index in [0.717, 1.165) is 25.9 Å². The standard InChI is InChI=1S/C23H46O5/c1-4-6-7-8-9-10-11-12-13-14-23(24)28-20-19-26-16-15-25-17-18-27-21-22(3)5-2/h22H,4-21H2,1-3H3. The normalized spacial score (nSPS) is 12.2. The molecule has 0 heterocycles. The topological polar surface area (TPSA) is 54.0 Å². The molecule has 5 nitrogen and oxygen atoms in total. The van der Waals surface area contributed by atoms with Crippen LogP contribution in [0.3, 0.4) is 0 Å². The summed E-state index contributed by atoms with van der Waals surface area (Å²) in [4.78, 5) is 11.6. The van der Waals surface area contributed by atoms with Gasteiger partial charge in [-0.1, -0.05) is 78.6 Å². The summed E-state index contributed by atoms with van der Waals surface area (Å²) in [6.07, 6.45) is 12.9. The highest BCUT2D eigenvalue weighted by Crippen LogP contribution is 2.10. The van der Waals surface area contributed by atoms with Gasteiger partial charge >= 0.3 is 5.97 Å². The van der Waals surface area contributed by atoms with Crippen molar-refractivity contribution in [2.24, 2.45) is 5.92 Å². The van der Waals surface area contributed by atoms with E-state index >= 15 is 0 Å². The van der Waals surface area contributed by atoms with E-state index in [2.05, 4.69) is 20.8 Å². The molecule has 0 bridgehead atoms. The second kappa shape index (κ2) is 22.6. The van der Waals surface area contributed by atoms with Crippen LogP contribution in [0.15, 0.2) is 0 Å². The molecule has 1 atom stereocenters. The molecular weight excluding hydrogens is 356 g/mol. The minimum atomic E-state index is -0.110. The smallest absolute Gasteiger partial charge is 0.305 e. The quantitative estimate of drug-likeness (QED) is 0.176. The Bertz CT molecular complexity index is 322. The lowest BCUT2D eigenvalue weighted by Gasteiger charge is -2.10. The van der Waals surface area contributed by atoms with Crippen LogP contribution >= 0.6 is 0 Å². The Morgan fingerprint density at radius 2 is 1.18 bits per heavy atom. The Kier molecular flexibility index (Phi) is 22.1. The van der Waals surface area contributed by atoms with Crippen molar-refractivity contribution in [1.29, 1.82) is 0 Å². The van der Waals surface area contributed by atoms with Gasteiger partial charge in [-0.25, -0.2) is 0 Å². The Balaban J connectivity index is 3.17. The van der Waals surface area contributed by atoms with E-state index in [1.807, 2.05) is 0 Å². The minimum Gasteiger partial charge on any atom is -0.463 e. The Morgan fingerprint density at radius 1 is 0.679 bits per heavy atom. The number of hydrogen-bond acceptors (Lipinski definition) is 5. The van der Waals surface area contributed by atoms with Gasteiger partial charge in [-0.15, -0.1) is 0 Å². The van der Waals surface area contributed by atoms with E-state index in [1.54, 1.807) is 0 Å². The lowest BCUT2D eigenvalue weighted by Crippen LogP contribution is -2.14. The molecule has 0 fully saturated rings. The van der Waals surface area contributed by atoms with Crippen molar-refractivity contribution in [2.75, 3.05) is 46.2 Å². The van der Waals surface area contributed by atoms with E-state index in [4.69, 9.17) is 18.9 Å². The molecule has 0 saturated carbocycles. The molecule has 1 unspecified atom stereocenters. The highest BCUT2D eigenvalue weighted by atomic mass is 16.6. The van der Waals surface area contributed by atoms with Crippen LogP contribution in [0.5, 0.6) is 0 Å². The van der Waals surface area contributed by atoms with Crippen LogP contribution in [0.4, 0.5) is 0 Å². The van der Waals surface area contributed by atoms with Crippen molar-refractivity contribution in [3.05, 3.63) is 0 Å². The molecule has 0 aromatic heterocycles. The summed E-state index contributed by atoms with van der Waals surface area (Å²) < 4.78 is 21.5. The van der Waals surface area contributed by atoms with Crippen LogP contribution in [-0.4, -0.2) is 52.2 Å². The summed E-state index contributed by atoms with van der Waals surface area (Å²) in [5, 5.41) is 0. The summed E-state index contributed by atoms with van der Waals surface area (Å²) >= 11 is 0. The SMILES string of the molecule is CCCCCCCCCCCC(=O)OCCOCCOCCOCC(C)CC. The highest BCUT2D eigenvalue weighted by Gasteiger charge is 2.02. The average Bonchev–Trinajstić information content (AvgIpc) is 2.70. The lowest BCUT2D eigenvalue weighted by molar-refractivity contribution is -0.145. The number of carbonyl (C=O) groups excluding carboxylic acids is 1. The first-order chi connectivity index (χ1) is 13.7. The summed E-state index contributed by atoms with van der Waals surface area (Å²) in [5.41, 5.74) is 0.